The summed E-state index contributed by atoms with van der Waals surface area (Å²) >= 11 is 0. The molecule has 1 aliphatic rings. The number of rotatable bonds is 4. The lowest BCUT2D eigenvalue weighted by Crippen LogP contribution is -2.46. The molecule has 2 aromatic carbocycles. The summed E-state index contributed by atoms with van der Waals surface area (Å²) in [7, 11) is 0. The first-order chi connectivity index (χ1) is 12.6. The van der Waals surface area contributed by atoms with Gasteiger partial charge in [-0.25, -0.2) is 4.79 Å². The van der Waals surface area contributed by atoms with Crippen molar-refractivity contribution in [3.8, 4) is 6.07 Å². The number of nitrogens with zero attached hydrogens (tertiary/aromatic N) is 1. The molecule has 0 radical (unpaired) electrons. The average molecular weight is 347 g/mol. The molecule has 3 atom stereocenters. The summed E-state index contributed by atoms with van der Waals surface area (Å²) < 4.78 is 5.69. The molecule has 0 spiro atoms. The highest BCUT2D eigenvalue weighted by Crippen LogP contribution is 2.44. The van der Waals surface area contributed by atoms with Gasteiger partial charge in [-0.15, -0.1) is 0 Å². The van der Waals surface area contributed by atoms with Crippen molar-refractivity contribution in [2.45, 2.75) is 32.3 Å². The molecule has 0 aliphatic heterocycles. The van der Waals surface area contributed by atoms with Crippen LogP contribution in [-0.4, -0.2) is 17.9 Å². The molecule has 0 bridgehead atoms. The Labute approximate surface area is 153 Å². The minimum absolute atomic E-state index is 0.187. The quantitative estimate of drug-likeness (QED) is 0.606. The number of Topliss-reactive ketones (excluding diaryl/α,β-unsaturated/α-hetero) is 1. The van der Waals surface area contributed by atoms with Gasteiger partial charge >= 0.3 is 5.97 Å². The highest BCUT2D eigenvalue weighted by molar-refractivity contribution is 6.02. The fourth-order valence-corrected chi connectivity index (χ4v) is 3.69. The Balaban J connectivity index is 1.84. The summed E-state index contributed by atoms with van der Waals surface area (Å²) in [5.41, 5.74) is -0.167. The number of ether oxygens (including phenoxy) is 1. The Kier molecular flexibility index (Phi) is 5.18. The van der Waals surface area contributed by atoms with E-state index in [1.165, 1.54) is 0 Å². The summed E-state index contributed by atoms with van der Waals surface area (Å²) in [6.45, 7) is 1.84. The number of ketones is 1. The van der Waals surface area contributed by atoms with E-state index < -0.39 is 17.5 Å². The van der Waals surface area contributed by atoms with Crippen molar-refractivity contribution in [3.63, 3.8) is 0 Å². The van der Waals surface area contributed by atoms with E-state index in [2.05, 4.69) is 6.07 Å². The van der Waals surface area contributed by atoms with Crippen molar-refractivity contribution >= 4 is 11.8 Å². The number of hydrogen-bond donors (Lipinski definition) is 0. The van der Waals surface area contributed by atoms with Crippen molar-refractivity contribution in [2.24, 2.45) is 11.3 Å². The van der Waals surface area contributed by atoms with Crippen LogP contribution in [0.15, 0.2) is 60.7 Å². The van der Waals surface area contributed by atoms with E-state index in [0.717, 1.165) is 0 Å². The second-order valence-electron chi connectivity index (χ2n) is 6.77. The Morgan fingerprint density at radius 3 is 2.19 bits per heavy atom. The van der Waals surface area contributed by atoms with Crippen molar-refractivity contribution in [1.29, 1.82) is 5.26 Å². The molecule has 0 aromatic heterocycles. The van der Waals surface area contributed by atoms with Gasteiger partial charge in [0, 0.05) is 11.5 Å². The van der Waals surface area contributed by atoms with E-state index in [4.69, 9.17) is 4.74 Å². The van der Waals surface area contributed by atoms with Gasteiger partial charge in [0.1, 0.15) is 11.5 Å². The number of nitriles is 1. The third-order valence-corrected chi connectivity index (χ3v) is 5.30. The minimum Gasteiger partial charge on any atom is -0.458 e. The van der Waals surface area contributed by atoms with Crippen LogP contribution in [0.2, 0.25) is 0 Å². The van der Waals surface area contributed by atoms with Gasteiger partial charge in [-0.3, -0.25) is 4.79 Å². The third-order valence-electron chi connectivity index (χ3n) is 5.30. The van der Waals surface area contributed by atoms with E-state index in [1.54, 1.807) is 48.5 Å². The first-order valence-corrected chi connectivity index (χ1v) is 8.85. The van der Waals surface area contributed by atoms with Gasteiger partial charge in [0.2, 0.25) is 0 Å². The maximum Gasteiger partial charge on any atom is 0.338 e. The molecule has 2 aromatic rings. The number of carbonyl (C=O) groups excluding carboxylic acids is 2. The molecule has 4 heteroatoms. The Hall–Kier alpha value is -2.93. The smallest absolute Gasteiger partial charge is 0.338 e. The van der Waals surface area contributed by atoms with Crippen LogP contribution in [0.25, 0.3) is 0 Å². The summed E-state index contributed by atoms with van der Waals surface area (Å²) in [5, 5.41) is 9.90. The predicted octanol–water partition coefficient (Wildman–Crippen LogP) is 4.42. The molecule has 0 saturated heterocycles. The van der Waals surface area contributed by atoms with Crippen molar-refractivity contribution in [3.05, 3.63) is 71.8 Å². The molecular formula is C22H21NO3. The molecular weight excluding hydrogens is 326 g/mol. The fourth-order valence-electron chi connectivity index (χ4n) is 3.69. The maximum absolute atomic E-state index is 13.1. The number of hydrogen-bond acceptors (Lipinski definition) is 4. The first-order valence-electron chi connectivity index (χ1n) is 8.85. The Morgan fingerprint density at radius 1 is 1.04 bits per heavy atom. The van der Waals surface area contributed by atoms with Crippen molar-refractivity contribution < 1.29 is 14.3 Å². The van der Waals surface area contributed by atoms with Gasteiger partial charge < -0.3 is 4.74 Å². The molecule has 1 saturated carbocycles. The summed E-state index contributed by atoms with van der Waals surface area (Å²) in [4.78, 5) is 25.5. The van der Waals surface area contributed by atoms with Crippen LogP contribution >= 0.6 is 0 Å². The van der Waals surface area contributed by atoms with E-state index in [9.17, 15) is 14.9 Å². The second-order valence-corrected chi connectivity index (χ2v) is 6.77. The topological polar surface area (TPSA) is 67.2 Å². The summed E-state index contributed by atoms with van der Waals surface area (Å²) in [6, 6.07) is 19.9. The first kappa shape index (κ1) is 17.9. The standard InChI is InChI=1S/C22H21NO3/c1-16-19(26-21(25)18-11-6-3-7-12-18)13-8-14-22(16,15-23)20(24)17-9-4-2-5-10-17/h2-7,9-12,16,19H,8,13-14H2,1H3/t16-,19-,22+/m0/s1. The van der Waals surface area contributed by atoms with Gasteiger partial charge in [0.25, 0.3) is 0 Å². The van der Waals surface area contributed by atoms with Gasteiger partial charge in [-0.1, -0.05) is 55.5 Å². The Bertz CT molecular complexity index is 825. The maximum atomic E-state index is 13.1. The largest absolute Gasteiger partial charge is 0.458 e. The zero-order chi connectivity index (χ0) is 18.6. The summed E-state index contributed by atoms with van der Waals surface area (Å²) in [6.07, 6.45) is 1.36. The highest BCUT2D eigenvalue weighted by atomic mass is 16.5. The normalized spacial score (nSPS) is 25.1. The fraction of sp³-hybridized carbons (Fsp3) is 0.318. The zero-order valence-corrected chi connectivity index (χ0v) is 14.7. The number of benzene rings is 2. The lowest BCUT2D eigenvalue weighted by atomic mass is 9.63. The molecule has 4 nitrogen and oxygen atoms in total. The van der Waals surface area contributed by atoms with E-state index in [-0.39, 0.29) is 11.7 Å². The molecule has 26 heavy (non-hydrogen) atoms. The van der Waals surface area contributed by atoms with Crippen LogP contribution < -0.4 is 0 Å². The highest BCUT2D eigenvalue weighted by Gasteiger charge is 2.50. The molecule has 0 amide bonds. The van der Waals surface area contributed by atoms with E-state index >= 15 is 0 Å². The lowest BCUT2D eigenvalue weighted by molar-refractivity contribution is -0.0194. The summed E-state index contributed by atoms with van der Waals surface area (Å²) in [5.74, 6) is -0.974. The van der Waals surface area contributed by atoms with Gasteiger partial charge in [0.15, 0.2) is 5.78 Å². The molecule has 132 valence electrons. The van der Waals surface area contributed by atoms with Crippen LogP contribution in [-0.2, 0) is 4.74 Å². The monoisotopic (exact) mass is 347 g/mol. The predicted molar refractivity (Wildman–Crippen MR) is 97.5 cm³/mol. The molecule has 0 unspecified atom stereocenters. The van der Waals surface area contributed by atoms with Crippen LogP contribution in [0.4, 0.5) is 0 Å². The molecule has 1 aliphatic carbocycles. The zero-order valence-electron chi connectivity index (χ0n) is 14.7. The number of esters is 1. The number of carbonyl (C=O) groups is 2. The van der Waals surface area contributed by atoms with Gasteiger partial charge in [-0.05, 0) is 31.4 Å². The molecule has 0 heterocycles. The Morgan fingerprint density at radius 2 is 1.62 bits per heavy atom. The third kappa shape index (κ3) is 3.25. The van der Waals surface area contributed by atoms with Crippen molar-refractivity contribution in [1.82, 2.24) is 0 Å². The van der Waals surface area contributed by atoms with Crippen LogP contribution in [0, 0.1) is 22.7 Å². The lowest BCUT2D eigenvalue weighted by Gasteiger charge is -2.40. The van der Waals surface area contributed by atoms with Gasteiger partial charge in [-0.2, -0.15) is 5.26 Å². The van der Waals surface area contributed by atoms with Gasteiger partial charge in [0.05, 0.1) is 11.6 Å². The molecule has 0 N–H and O–H groups in total. The van der Waals surface area contributed by atoms with Crippen LogP contribution in [0.3, 0.4) is 0 Å². The van der Waals surface area contributed by atoms with Crippen LogP contribution in [0.1, 0.15) is 46.9 Å². The van der Waals surface area contributed by atoms with E-state index in [1.807, 2.05) is 19.1 Å². The molecule has 1 fully saturated rings. The van der Waals surface area contributed by atoms with E-state index in [0.29, 0.717) is 30.4 Å². The van der Waals surface area contributed by atoms with Crippen LogP contribution in [0.5, 0.6) is 0 Å². The SMILES string of the molecule is C[C@H]1[C@@H](OC(=O)c2ccccc2)CCC[C@]1(C#N)C(=O)c1ccccc1. The molecule has 3 rings (SSSR count). The second kappa shape index (κ2) is 7.53. The average Bonchev–Trinajstić information content (AvgIpc) is 2.70. The van der Waals surface area contributed by atoms with Crippen molar-refractivity contribution in [2.75, 3.05) is 0 Å². The minimum atomic E-state index is -1.17.